The van der Waals surface area contributed by atoms with Gasteiger partial charge >= 0.3 is 0 Å². The standard InChI is InChI=1S/C11H11N3OS/c1-8-11(16-7-12-8)10-4-2-9(3-5-10)6-13-14-15/h2-5,7H,6H2,1H3,(H,13,15). The van der Waals surface area contributed by atoms with Gasteiger partial charge in [0, 0.05) is 5.29 Å². The van der Waals surface area contributed by atoms with Crippen LogP contribution in [0.3, 0.4) is 0 Å². The number of aryl methyl sites for hydroxylation is 1. The van der Waals surface area contributed by atoms with Crippen LogP contribution in [0.4, 0.5) is 0 Å². The molecular weight excluding hydrogens is 222 g/mol. The van der Waals surface area contributed by atoms with E-state index in [9.17, 15) is 4.91 Å². The van der Waals surface area contributed by atoms with Gasteiger partial charge in [0.05, 0.1) is 22.6 Å². The van der Waals surface area contributed by atoms with Crippen molar-refractivity contribution in [2.24, 2.45) is 5.29 Å². The summed E-state index contributed by atoms with van der Waals surface area (Å²) < 4.78 is 0. The van der Waals surface area contributed by atoms with E-state index in [1.165, 1.54) is 4.88 Å². The van der Waals surface area contributed by atoms with Crippen LogP contribution >= 0.6 is 11.3 Å². The molecule has 1 heterocycles. The molecule has 0 aliphatic heterocycles. The van der Waals surface area contributed by atoms with Gasteiger partial charge in [-0.2, -0.15) is 0 Å². The molecule has 16 heavy (non-hydrogen) atoms. The number of benzene rings is 1. The van der Waals surface area contributed by atoms with Gasteiger partial charge in [-0.3, -0.25) is 5.43 Å². The van der Waals surface area contributed by atoms with E-state index in [-0.39, 0.29) is 0 Å². The van der Waals surface area contributed by atoms with E-state index in [1.807, 2.05) is 36.7 Å². The second-order valence-corrected chi connectivity index (χ2v) is 4.24. The third-order valence-electron chi connectivity index (χ3n) is 2.31. The molecule has 0 saturated heterocycles. The molecule has 0 radical (unpaired) electrons. The van der Waals surface area contributed by atoms with E-state index in [2.05, 4.69) is 15.7 Å². The smallest absolute Gasteiger partial charge is 0.0801 e. The van der Waals surface area contributed by atoms with Crippen molar-refractivity contribution in [1.29, 1.82) is 0 Å². The van der Waals surface area contributed by atoms with Crippen molar-refractivity contribution >= 4 is 11.3 Å². The molecule has 2 rings (SSSR count). The lowest BCUT2D eigenvalue weighted by atomic mass is 10.1. The van der Waals surface area contributed by atoms with Crippen LogP contribution in [-0.2, 0) is 6.54 Å². The molecule has 1 aromatic carbocycles. The zero-order valence-corrected chi connectivity index (χ0v) is 9.62. The summed E-state index contributed by atoms with van der Waals surface area (Å²) in [5, 5.41) is 2.61. The molecular formula is C11H11N3OS. The van der Waals surface area contributed by atoms with E-state index < -0.39 is 0 Å². The van der Waals surface area contributed by atoms with Crippen LogP contribution in [0.5, 0.6) is 0 Å². The van der Waals surface area contributed by atoms with Crippen LogP contribution < -0.4 is 5.43 Å². The molecule has 0 fully saturated rings. The molecule has 0 atom stereocenters. The van der Waals surface area contributed by atoms with Crippen molar-refractivity contribution < 1.29 is 0 Å². The quantitative estimate of drug-likeness (QED) is 0.652. The van der Waals surface area contributed by atoms with Crippen LogP contribution in [-0.4, -0.2) is 4.98 Å². The minimum atomic E-state index is 0.464. The number of thiazole rings is 1. The second-order valence-electron chi connectivity index (χ2n) is 3.39. The number of hydrogen-bond acceptors (Lipinski definition) is 4. The van der Waals surface area contributed by atoms with E-state index >= 15 is 0 Å². The molecule has 82 valence electrons. The van der Waals surface area contributed by atoms with Gasteiger partial charge < -0.3 is 0 Å². The molecule has 2 aromatic rings. The largest absolute Gasteiger partial charge is 0.269 e. The highest BCUT2D eigenvalue weighted by Crippen LogP contribution is 2.27. The predicted molar refractivity (Wildman–Crippen MR) is 64.9 cm³/mol. The Morgan fingerprint density at radius 1 is 1.38 bits per heavy atom. The third kappa shape index (κ3) is 2.25. The minimum absolute atomic E-state index is 0.464. The fourth-order valence-corrected chi connectivity index (χ4v) is 2.29. The van der Waals surface area contributed by atoms with Gasteiger partial charge in [-0.15, -0.1) is 16.2 Å². The average Bonchev–Trinajstić information content (AvgIpc) is 2.74. The lowest BCUT2D eigenvalue weighted by Gasteiger charge is -2.02. The van der Waals surface area contributed by atoms with Crippen LogP contribution in [0.15, 0.2) is 35.1 Å². The zero-order valence-electron chi connectivity index (χ0n) is 8.80. The van der Waals surface area contributed by atoms with Crippen molar-refractivity contribution in [3.8, 4) is 10.4 Å². The van der Waals surface area contributed by atoms with Crippen molar-refractivity contribution in [3.63, 3.8) is 0 Å². The first-order valence-corrected chi connectivity index (χ1v) is 5.74. The highest BCUT2D eigenvalue weighted by atomic mass is 32.1. The Bertz CT molecular complexity index is 478. The summed E-state index contributed by atoms with van der Waals surface area (Å²) in [6, 6.07) is 8.02. The first kappa shape index (κ1) is 10.8. The SMILES string of the molecule is Cc1ncsc1-c1ccc(CNN=O)cc1. The average molecular weight is 233 g/mol. The Morgan fingerprint density at radius 3 is 2.69 bits per heavy atom. The number of rotatable bonds is 4. The fourth-order valence-electron chi connectivity index (χ4n) is 1.48. The highest BCUT2D eigenvalue weighted by molar-refractivity contribution is 7.13. The molecule has 0 spiro atoms. The van der Waals surface area contributed by atoms with Gasteiger partial charge in [-0.1, -0.05) is 24.3 Å². The van der Waals surface area contributed by atoms with Crippen molar-refractivity contribution in [3.05, 3.63) is 45.9 Å². The number of nitrogens with one attached hydrogen (secondary N) is 1. The van der Waals surface area contributed by atoms with Gasteiger partial charge in [-0.05, 0) is 18.1 Å². The fraction of sp³-hybridized carbons (Fsp3) is 0.182. The summed E-state index contributed by atoms with van der Waals surface area (Å²) in [5.41, 5.74) is 7.47. The molecule has 0 amide bonds. The van der Waals surface area contributed by atoms with Crippen molar-refractivity contribution in [1.82, 2.24) is 10.4 Å². The summed E-state index contributed by atoms with van der Waals surface area (Å²) in [7, 11) is 0. The minimum Gasteiger partial charge on any atom is -0.269 e. The Labute approximate surface area is 97.3 Å². The molecule has 1 N–H and O–H groups in total. The second kappa shape index (κ2) is 4.85. The lowest BCUT2D eigenvalue weighted by molar-refractivity contribution is 0.737. The topological polar surface area (TPSA) is 54.4 Å². The van der Waals surface area contributed by atoms with E-state index in [1.54, 1.807) is 11.3 Å². The van der Waals surface area contributed by atoms with Crippen molar-refractivity contribution in [2.45, 2.75) is 13.5 Å². The zero-order chi connectivity index (χ0) is 11.4. The molecule has 1 aromatic heterocycles. The Hall–Kier alpha value is -1.75. The third-order valence-corrected chi connectivity index (χ3v) is 3.29. The summed E-state index contributed by atoms with van der Waals surface area (Å²) in [6.07, 6.45) is 0. The first-order chi connectivity index (χ1) is 7.81. The van der Waals surface area contributed by atoms with Gasteiger partial charge in [0.15, 0.2) is 0 Å². The van der Waals surface area contributed by atoms with Crippen LogP contribution in [0, 0.1) is 11.8 Å². The summed E-state index contributed by atoms with van der Waals surface area (Å²) in [6.45, 7) is 2.46. The number of nitrogens with zero attached hydrogens (tertiary/aromatic N) is 2. The molecule has 0 aliphatic rings. The van der Waals surface area contributed by atoms with Gasteiger partial charge in [0.25, 0.3) is 0 Å². The summed E-state index contributed by atoms with van der Waals surface area (Å²) in [4.78, 5) is 15.3. The molecule has 0 aliphatic carbocycles. The molecule has 5 heteroatoms. The van der Waals surface area contributed by atoms with Crippen molar-refractivity contribution in [2.75, 3.05) is 0 Å². The van der Waals surface area contributed by atoms with Gasteiger partial charge in [0.1, 0.15) is 0 Å². The monoisotopic (exact) mass is 233 g/mol. The maximum atomic E-state index is 9.91. The lowest BCUT2D eigenvalue weighted by Crippen LogP contribution is -2.02. The maximum absolute atomic E-state index is 9.91. The predicted octanol–water partition coefficient (Wildman–Crippen LogP) is 2.89. The maximum Gasteiger partial charge on any atom is 0.0801 e. The van der Waals surface area contributed by atoms with E-state index in [0.29, 0.717) is 6.54 Å². The summed E-state index contributed by atoms with van der Waals surface area (Å²) in [5.74, 6) is 0. The van der Waals surface area contributed by atoms with Crippen LogP contribution in [0.25, 0.3) is 10.4 Å². The Kier molecular flexibility index (Phi) is 3.26. The normalized spacial score (nSPS) is 10.1. The molecule has 0 saturated carbocycles. The summed E-state index contributed by atoms with van der Waals surface area (Å²) >= 11 is 1.63. The Balaban J connectivity index is 2.19. The van der Waals surface area contributed by atoms with E-state index in [0.717, 1.165) is 16.8 Å². The van der Waals surface area contributed by atoms with E-state index in [4.69, 9.17) is 0 Å². The Morgan fingerprint density at radius 2 is 2.12 bits per heavy atom. The van der Waals surface area contributed by atoms with Crippen LogP contribution in [0.1, 0.15) is 11.3 Å². The highest BCUT2D eigenvalue weighted by Gasteiger charge is 2.04. The number of nitroso groups, excluding NO2 is 1. The molecule has 0 unspecified atom stereocenters. The van der Waals surface area contributed by atoms with Crippen LogP contribution in [0.2, 0.25) is 0 Å². The van der Waals surface area contributed by atoms with Gasteiger partial charge in [-0.25, -0.2) is 4.98 Å². The van der Waals surface area contributed by atoms with Gasteiger partial charge in [0.2, 0.25) is 0 Å². The molecule has 4 nitrogen and oxygen atoms in total. The molecule has 0 bridgehead atoms. The first-order valence-electron chi connectivity index (χ1n) is 4.86. The number of hydrogen-bond donors (Lipinski definition) is 1. The number of aromatic nitrogens is 1.